The largest absolute Gasteiger partial charge is 0.494 e. The number of anilines is 1. The van der Waals surface area contributed by atoms with Crippen molar-refractivity contribution in [3.63, 3.8) is 0 Å². The first-order chi connectivity index (χ1) is 12.0. The Hall–Kier alpha value is -3.15. The van der Waals surface area contributed by atoms with Gasteiger partial charge in [-0.3, -0.25) is 4.79 Å². The van der Waals surface area contributed by atoms with Gasteiger partial charge >= 0.3 is 0 Å². The average molecular weight is 336 g/mol. The molecule has 6 nitrogen and oxygen atoms in total. The molecular formula is C19H20N4O2. The maximum Gasteiger partial charge on any atom is 0.278 e. The Morgan fingerprint density at radius 3 is 2.44 bits per heavy atom. The van der Waals surface area contributed by atoms with Crippen LogP contribution in [0, 0.1) is 20.8 Å². The molecule has 2 aromatic heterocycles. The number of pyridine rings is 1. The smallest absolute Gasteiger partial charge is 0.278 e. The molecule has 0 unspecified atom stereocenters. The molecule has 1 aromatic carbocycles. The van der Waals surface area contributed by atoms with E-state index in [1.807, 2.05) is 49.6 Å². The van der Waals surface area contributed by atoms with Crippen LogP contribution in [0.15, 0.2) is 42.9 Å². The summed E-state index contributed by atoms with van der Waals surface area (Å²) in [6, 6.07) is 9.35. The van der Waals surface area contributed by atoms with Crippen LogP contribution in [0.4, 0.5) is 5.69 Å². The van der Waals surface area contributed by atoms with Crippen molar-refractivity contribution in [2.45, 2.75) is 20.8 Å². The minimum atomic E-state index is -0.306. The summed E-state index contributed by atoms with van der Waals surface area (Å²) < 4.78 is 7.25. The van der Waals surface area contributed by atoms with Gasteiger partial charge in [-0.05, 0) is 56.7 Å². The van der Waals surface area contributed by atoms with E-state index in [1.54, 1.807) is 18.6 Å². The number of aryl methyl sites for hydroxylation is 2. The highest BCUT2D eigenvalue weighted by Gasteiger charge is 2.14. The molecule has 25 heavy (non-hydrogen) atoms. The van der Waals surface area contributed by atoms with Crippen LogP contribution in [-0.2, 0) is 0 Å². The Morgan fingerprint density at radius 1 is 1.12 bits per heavy atom. The first-order valence-electron chi connectivity index (χ1n) is 7.92. The van der Waals surface area contributed by atoms with Crippen molar-refractivity contribution < 1.29 is 9.53 Å². The van der Waals surface area contributed by atoms with E-state index >= 15 is 0 Å². The van der Waals surface area contributed by atoms with Gasteiger partial charge in [0.2, 0.25) is 0 Å². The highest BCUT2D eigenvalue weighted by molar-refractivity contribution is 6.04. The van der Waals surface area contributed by atoms with Crippen molar-refractivity contribution in [1.29, 1.82) is 0 Å². The van der Waals surface area contributed by atoms with E-state index in [4.69, 9.17) is 4.74 Å². The van der Waals surface area contributed by atoms with Gasteiger partial charge in [-0.1, -0.05) is 0 Å². The Kier molecular flexibility index (Phi) is 4.52. The summed E-state index contributed by atoms with van der Waals surface area (Å²) >= 11 is 0. The second-order valence-corrected chi connectivity index (χ2v) is 5.85. The van der Waals surface area contributed by atoms with Gasteiger partial charge in [0.15, 0.2) is 5.69 Å². The summed E-state index contributed by atoms with van der Waals surface area (Å²) in [5.74, 6) is 0.151. The lowest BCUT2D eigenvalue weighted by molar-refractivity contribution is 0.101. The molecule has 0 bridgehead atoms. The van der Waals surface area contributed by atoms with Gasteiger partial charge in [0.05, 0.1) is 19.1 Å². The number of benzene rings is 1. The number of rotatable bonds is 4. The van der Waals surface area contributed by atoms with Crippen LogP contribution in [0.5, 0.6) is 5.75 Å². The first kappa shape index (κ1) is 16.7. The molecule has 0 saturated carbocycles. The number of amides is 1. The fourth-order valence-electron chi connectivity index (χ4n) is 2.52. The zero-order chi connectivity index (χ0) is 18.0. The Bertz CT molecular complexity index is 914. The minimum Gasteiger partial charge on any atom is -0.494 e. The van der Waals surface area contributed by atoms with E-state index in [2.05, 4.69) is 15.3 Å². The van der Waals surface area contributed by atoms with Crippen LogP contribution in [-0.4, -0.2) is 27.6 Å². The van der Waals surface area contributed by atoms with Crippen molar-refractivity contribution >= 4 is 11.6 Å². The predicted octanol–water partition coefficient (Wildman–Crippen LogP) is 3.45. The van der Waals surface area contributed by atoms with Gasteiger partial charge in [0, 0.05) is 23.3 Å². The number of nitrogens with one attached hydrogen (secondary N) is 1. The van der Waals surface area contributed by atoms with Crippen LogP contribution in [0.2, 0.25) is 0 Å². The third-order valence-corrected chi connectivity index (χ3v) is 4.08. The lowest BCUT2D eigenvalue weighted by atomic mass is 10.2. The summed E-state index contributed by atoms with van der Waals surface area (Å²) in [7, 11) is 1.53. The quantitative estimate of drug-likeness (QED) is 0.792. The van der Waals surface area contributed by atoms with Crippen molar-refractivity contribution in [3.05, 3.63) is 65.5 Å². The van der Waals surface area contributed by atoms with Crippen LogP contribution in [0.3, 0.4) is 0 Å². The maximum atomic E-state index is 12.4. The number of nitrogens with zero attached hydrogens (tertiary/aromatic N) is 3. The summed E-state index contributed by atoms with van der Waals surface area (Å²) in [4.78, 5) is 20.9. The lowest BCUT2D eigenvalue weighted by Gasteiger charge is -2.10. The molecule has 6 heteroatoms. The Morgan fingerprint density at radius 2 is 1.84 bits per heavy atom. The Labute approximate surface area is 146 Å². The van der Waals surface area contributed by atoms with E-state index in [0.29, 0.717) is 11.4 Å². The number of aromatic nitrogens is 3. The molecule has 0 aliphatic rings. The van der Waals surface area contributed by atoms with E-state index < -0.39 is 0 Å². The summed E-state index contributed by atoms with van der Waals surface area (Å²) in [5.41, 5.74) is 4.96. The molecule has 0 aliphatic carbocycles. The van der Waals surface area contributed by atoms with Gasteiger partial charge < -0.3 is 14.6 Å². The molecule has 128 valence electrons. The van der Waals surface area contributed by atoms with Gasteiger partial charge in [-0.25, -0.2) is 9.97 Å². The van der Waals surface area contributed by atoms with Crippen LogP contribution < -0.4 is 10.1 Å². The normalized spacial score (nSPS) is 10.6. The fourth-order valence-corrected chi connectivity index (χ4v) is 2.52. The van der Waals surface area contributed by atoms with Crippen LogP contribution >= 0.6 is 0 Å². The molecule has 2 heterocycles. The highest BCUT2D eigenvalue weighted by atomic mass is 16.5. The molecule has 1 N–H and O–H groups in total. The lowest BCUT2D eigenvalue weighted by Crippen LogP contribution is -2.15. The second kappa shape index (κ2) is 6.76. The fraction of sp³-hybridized carbons (Fsp3) is 0.211. The number of ether oxygens (including phenoxy) is 1. The molecule has 3 aromatic rings. The molecule has 1 amide bonds. The van der Waals surface area contributed by atoms with Crippen molar-refractivity contribution in [2.24, 2.45) is 0 Å². The van der Waals surface area contributed by atoms with Gasteiger partial charge in [0.1, 0.15) is 5.75 Å². The molecule has 0 atom stereocenters. The summed E-state index contributed by atoms with van der Waals surface area (Å²) in [5, 5.41) is 2.84. The molecule has 0 aliphatic heterocycles. The first-order valence-corrected chi connectivity index (χ1v) is 7.92. The second-order valence-electron chi connectivity index (χ2n) is 5.85. The number of hydrogen-bond donors (Lipinski definition) is 1. The standard InChI is InChI=1S/C19H20N4O2/c1-12-9-17(25-4)18(20-10-12)19(24)22-15-5-7-16(8-6-15)23-11-21-13(2)14(23)3/h5-11H,1-4H3,(H,22,24). The summed E-state index contributed by atoms with van der Waals surface area (Å²) in [6.07, 6.45) is 3.43. The van der Waals surface area contributed by atoms with Crippen LogP contribution in [0.1, 0.15) is 27.4 Å². The predicted molar refractivity (Wildman–Crippen MR) is 96.5 cm³/mol. The van der Waals surface area contributed by atoms with E-state index in [0.717, 1.165) is 22.6 Å². The average Bonchev–Trinajstić information content (AvgIpc) is 2.94. The SMILES string of the molecule is COc1cc(C)cnc1C(=O)Nc1ccc(-n2cnc(C)c2C)cc1. The van der Waals surface area contributed by atoms with E-state index in [1.165, 1.54) is 7.11 Å². The topological polar surface area (TPSA) is 69.0 Å². The van der Waals surface area contributed by atoms with Gasteiger partial charge in [0.25, 0.3) is 5.91 Å². The minimum absolute atomic E-state index is 0.262. The maximum absolute atomic E-state index is 12.4. The number of methoxy groups -OCH3 is 1. The number of carbonyl (C=O) groups excluding carboxylic acids is 1. The van der Waals surface area contributed by atoms with Crippen molar-refractivity contribution in [1.82, 2.24) is 14.5 Å². The zero-order valence-electron chi connectivity index (χ0n) is 14.7. The third-order valence-electron chi connectivity index (χ3n) is 4.08. The number of imidazole rings is 1. The molecular weight excluding hydrogens is 316 g/mol. The van der Waals surface area contributed by atoms with Crippen molar-refractivity contribution in [3.8, 4) is 11.4 Å². The molecule has 0 radical (unpaired) electrons. The van der Waals surface area contributed by atoms with Crippen LogP contribution in [0.25, 0.3) is 5.69 Å². The van der Waals surface area contributed by atoms with Gasteiger partial charge in [-0.15, -0.1) is 0 Å². The number of carbonyl (C=O) groups is 1. The zero-order valence-corrected chi connectivity index (χ0v) is 14.7. The monoisotopic (exact) mass is 336 g/mol. The van der Waals surface area contributed by atoms with Crippen molar-refractivity contribution in [2.75, 3.05) is 12.4 Å². The molecule has 0 saturated heterocycles. The molecule has 0 spiro atoms. The molecule has 3 rings (SSSR count). The van der Waals surface area contributed by atoms with E-state index in [9.17, 15) is 4.79 Å². The van der Waals surface area contributed by atoms with Gasteiger partial charge in [-0.2, -0.15) is 0 Å². The highest BCUT2D eigenvalue weighted by Crippen LogP contribution is 2.20. The molecule has 0 fully saturated rings. The van der Waals surface area contributed by atoms with E-state index in [-0.39, 0.29) is 11.6 Å². The number of hydrogen-bond acceptors (Lipinski definition) is 4. The third kappa shape index (κ3) is 3.38. The Balaban J connectivity index is 1.80. The summed E-state index contributed by atoms with van der Waals surface area (Å²) in [6.45, 7) is 5.89.